The molecule has 0 aromatic carbocycles. The summed E-state index contributed by atoms with van der Waals surface area (Å²) in [6, 6.07) is -0.567. The van der Waals surface area contributed by atoms with Gasteiger partial charge >= 0.3 is 5.97 Å². The summed E-state index contributed by atoms with van der Waals surface area (Å²) in [5.41, 5.74) is 4.74. The Morgan fingerprint density at radius 1 is 1.50 bits per heavy atom. The molecule has 0 saturated heterocycles. The number of rotatable bonds is 5. The van der Waals surface area contributed by atoms with Crippen LogP contribution in [0.3, 0.4) is 0 Å². The highest BCUT2D eigenvalue weighted by Gasteiger charge is 2.25. The number of hydrogen-bond donors (Lipinski definition) is 3. The Kier molecular flexibility index (Phi) is 4.56. The molecule has 5 nitrogen and oxygen atoms in total. The molecule has 0 aromatic heterocycles. The molecule has 0 aliphatic carbocycles. The van der Waals surface area contributed by atoms with Crippen LogP contribution in [-0.4, -0.2) is 28.6 Å². The molecule has 0 spiro atoms. The van der Waals surface area contributed by atoms with Crippen molar-refractivity contribution < 1.29 is 14.7 Å². The Morgan fingerprint density at radius 3 is 2.36 bits per heavy atom. The van der Waals surface area contributed by atoms with E-state index in [9.17, 15) is 9.59 Å². The van der Waals surface area contributed by atoms with Crippen molar-refractivity contribution in [1.29, 1.82) is 0 Å². The maximum atomic E-state index is 11.3. The molecule has 5 heteroatoms. The van der Waals surface area contributed by atoms with Crippen molar-refractivity contribution in [3.8, 4) is 0 Å². The Hall–Kier alpha value is -1.10. The third kappa shape index (κ3) is 4.81. The monoisotopic (exact) mass is 202 g/mol. The molecule has 4 N–H and O–H groups in total. The van der Waals surface area contributed by atoms with Crippen molar-refractivity contribution >= 4 is 11.9 Å². The lowest BCUT2D eigenvalue weighted by atomic mass is 10.00. The quantitative estimate of drug-likeness (QED) is 0.589. The summed E-state index contributed by atoms with van der Waals surface area (Å²) in [5.74, 6) is -1.25. The van der Waals surface area contributed by atoms with Gasteiger partial charge in [0.1, 0.15) is 0 Å². The third-order valence-corrected chi connectivity index (χ3v) is 1.83. The molecule has 0 fully saturated rings. The van der Waals surface area contributed by atoms with Gasteiger partial charge in [0.25, 0.3) is 0 Å². The zero-order chi connectivity index (χ0) is 11.4. The second-order valence-electron chi connectivity index (χ2n) is 3.96. The molecule has 0 radical (unpaired) electrons. The van der Waals surface area contributed by atoms with Crippen molar-refractivity contribution in [2.24, 2.45) is 5.73 Å². The Bertz CT molecular complexity index is 226. The zero-order valence-corrected chi connectivity index (χ0v) is 8.83. The van der Waals surface area contributed by atoms with E-state index in [0.29, 0.717) is 6.42 Å². The molecule has 0 saturated carbocycles. The second-order valence-corrected chi connectivity index (χ2v) is 3.96. The molecule has 0 aliphatic rings. The summed E-state index contributed by atoms with van der Waals surface area (Å²) in [6.07, 6.45) is 0.421. The normalized spacial score (nSPS) is 13.4. The number of nitrogens with one attached hydrogen (secondary N) is 1. The van der Waals surface area contributed by atoms with E-state index >= 15 is 0 Å². The molecule has 1 atom stereocenters. The topological polar surface area (TPSA) is 92.4 Å². The first-order valence-electron chi connectivity index (χ1n) is 4.58. The van der Waals surface area contributed by atoms with E-state index in [2.05, 4.69) is 5.32 Å². The van der Waals surface area contributed by atoms with Crippen molar-refractivity contribution in [3.05, 3.63) is 0 Å². The highest BCUT2D eigenvalue weighted by Crippen LogP contribution is 2.08. The molecule has 0 bridgehead atoms. The summed E-state index contributed by atoms with van der Waals surface area (Å²) in [6.45, 7) is 5.11. The average molecular weight is 202 g/mol. The van der Waals surface area contributed by atoms with E-state index in [1.54, 1.807) is 20.8 Å². The number of carbonyl (C=O) groups excluding carboxylic acids is 1. The van der Waals surface area contributed by atoms with Gasteiger partial charge in [-0.3, -0.25) is 9.59 Å². The van der Waals surface area contributed by atoms with Gasteiger partial charge in [-0.25, -0.2) is 0 Å². The van der Waals surface area contributed by atoms with Crippen molar-refractivity contribution in [3.63, 3.8) is 0 Å². The fraction of sp³-hybridized carbons (Fsp3) is 0.778. The molecule has 1 unspecified atom stereocenters. The largest absolute Gasteiger partial charge is 0.481 e. The van der Waals surface area contributed by atoms with Crippen LogP contribution in [0.25, 0.3) is 0 Å². The lowest BCUT2D eigenvalue weighted by molar-refractivity contribution is -0.138. The van der Waals surface area contributed by atoms with Crippen LogP contribution >= 0.6 is 0 Å². The first kappa shape index (κ1) is 12.9. The van der Waals surface area contributed by atoms with E-state index in [0.717, 1.165) is 0 Å². The molecule has 14 heavy (non-hydrogen) atoms. The maximum Gasteiger partial charge on any atom is 0.305 e. The summed E-state index contributed by atoms with van der Waals surface area (Å²) in [7, 11) is 0. The number of hydrogen-bond acceptors (Lipinski definition) is 3. The van der Waals surface area contributed by atoms with Gasteiger partial charge in [-0.2, -0.15) is 0 Å². The average Bonchev–Trinajstić information content (AvgIpc) is 1.99. The van der Waals surface area contributed by atoms with E-state index in [1.165, 1.54) is 0 Å². The maximum absolute atomic E-state index is 11.3. The predicted molar refractivity (Wildman–Crippen MR) is 52.7 cm³/mol. The Balaban J connectivity index is 4.21. The summed E-state index contributed by atoms with van der Waals surface area (Å²) in [5, 5.41) is 11.2. The van der Waals surface area contributed by atoms with Crippen LogP contribution in [0, 0.1) is 0 Å². The van der Waals surface area contributed by atoms with Gasteiger partial charge < -0.3 is 16.2 Å². The molecule has 82 valence electrons. The highest BCUT2D eigenvalue weighted by atomic mass is 16.4. The zero-order valence-electron chi connectivity index (χ0n) is 8.83. The number of carbonyl (C=O) groups is 2. The third-order valence-electron chi connectivity index (χ3n) is 1.83. The molecule has 1 amide bonds. The minimum atomic E-state index is -0.944. The molecular formula is C9H18N2O3. The van der Waals surface area contributed by atoms with Crippen LogP contribution in [-0.2, 0) is 9.59 Å². The van der Waals surface area contributed by atoms with Gasteiger partial charge in [0.05, 0.1) is 12.5 Å². The van der Waals surface area contributed by atoms with Crippen LogP contribution in [0.5, 0.6) is 0 Å². The van der Waals surface area contributed by atoms with Gasteiger partial charge in [0.15, 0.2) is 0 Å². The number of nitrogens with two attached hydrogens (primary N) is 1. The predicted octanol–water partition coefficient (Wildman–Crippen LogP) is 0.0932. The number of amides is 1. The standard InChI is InChI=1S/C9H18N2O3/c1-4-6(10)8(14)11-9(2,3)5-7(12)13/h6H,4-5,10H2,1-3H3,(H,11,14)(H,12,13). The first-order valence-corrected chi connectivity index (χ1v) is 4.58. The van der Waals surface area contributed by atoms with Gasteiger partial charge in [0, 0.05) is 5.54 Å². The summed E-state index contributed by atoms with van der Waals surface area (Å²) < 4.78 is 0. The minimum absolute atomic E-state index is 0.116. The molecule has 0 aromatic rings. The lowest BCUT2D eigenvalue weighted by Crippen LogP contribution is -2.51. The highest BCUT2D eigenvalue weighted by molar-refractivity contribution is 5.82. The summed E-state index contributed by atoms with van der Waals surface area (Å²) >= 11 is 0. The molecule has 0 rings (SSSR count). The fourth-order valence-electron chi connectivity index (χ4n) is 1.03. The minimum Gasteiger partial charge on any atom is -0.481 e. The van der Waals surface area contributed by atoms with Gasteiger partial charge in [-0.15, -0.1) is 0 Å². The molecule has 0 heterocycles. The van der Waals surface area contributed by atoms with Crippen molar-refractivity contribution in [1.82, 2.24) is 5.32 Å². The number of carboxylic acid groups (broad SMARTS) is 1. The SMILES string of the molecule is CCC(N)C(=O)NC(C)(C)CC(=O)O. The lowest BCUT2D eigenvalue weighted by Gasteiger charge is -2.25. The van der Waals surface area contributed by atoms with E-state index in [1.807, 2.05) is 0 Å². The summed E-state index contributed by atoms with van der Waals surface area (Å²) in [4.78, 5) is 21.8. The van der Waals surface area contributed by atoms with E-state index < -0.39 is 17.6 Å². The van der Waals surface area contributed by atoms with Crippen LogP contribution < -0.4 is 11.1 Å². The van der Waals surface area contributed by atoms with Crippen LogP contribution in [0.2, 0.25) is 0 Å². The second kappa shape index (κ2) is 4.95. The fourth-order valence-corrected chi connectivity index (χ4v) is 1.03. The number of carboxylic acids is 1. The van der Waals surface area contributed by atoms with E-state index in [-0.39, 0.29) is 12.3 Å². The van der Waals surface area contributed by atoms with Crippen molar-refractivity contribution in [2.75, 3.05) is 0 Å². The smallest absolute Gasteiger partial charge is 0.305 e. The van der Waals surface area contributed by atoms with Crippen molar-refractivity contribution in [2.45, 2.75) is 45.2 Å². The van der Waals surface area contributed by atoms with Gasteiger partial charge in [-0.05, 0) is 20.3 Å². The molecular weight excluding hydrogens is 184 g/mol. The Morgan fingerprint density at radius 2 is 2.00 bits per heavy atom. The van der Waals surface area contributed by atoms with Crippen LogP contribution in [0.15, 0.2) is 0 Å². The van der Waals surface area contributed by atoms with Crippen LogP contribution in [0.1, 0.15) is 33.6 Å². The Labute approximate surface area is 83.7 Å². The van der Waals surface area contributed by atoms with Crippen LogP contribution in [0.4, 0.5) is 0 Å². The van der Waals surface area contributed by atoms with E-state index in [4.69, 9.17) is 10.8 Å². The first-order chi connectivity index (χ1) is 6.28. The molecule has 0 aliphatic heterocycles. The number of aliphatic carboxylic acids is 1. The van der Waals surface area contributed by atoms with Gasteiger partial charge in [-0.1, -0.05) is 6.92 Å². The van der Waals surface area contributed by atoms with Gasteiger partial charge in [0.2, 0.25) is 5.91 Å².